The van der Waals surface area contributed by atoms with Crippen molar-refractivity contribution >= 4 is 23.2 Å². The van der Waals surface area contributed by atoms with Gasteiger partial charge < -0.3 is 4.42 Å². The molecule has 2 rings (SSSR count). The minimum absolute atomic E-state index is 0.238. The molecule has 0 fully saturated rings. The summed E-state index contributed by atoms with van der Waals surface area (Å²) < 4.78 is 5.13. The molecule has 2 aromatic rings. The summed E-state index contributed by atoms with van der Waals surface area (Å²) in [5.41, 5.74) is 3.33. The van der Waals surface area contributed by atoms with Gasteiger partial charge in [0.2, 0.25) is 0 Å². The van der Waals surface area contributed by atoms with Crippen molar-refractivity contribution in [2.24, 2.45) is 0 Å². The predicted octanol–water partition coefficient (Wildman–Crippen LogP) is 4.55. The van der Waals surface area contributed by atoms with Crippen molar-refractivity contribution in [2.75, 3.05) is 11.8 Å². The molecule has 0 N–H and O–H groups in total. The topological polar surface area (TPSA) is 13.1 Å². The van der Waals surface area contributed by atoms with E-state index in [4.69, 9.17) is 27.6 Å². The highest BCUT2D eigenvalue weighted by Gasteiger charge is 2.32. The van der Waals surface area contributed by atoms with Crippen molar-refractivity contribution in [3.63, 3.8) is 0 Å². The summed E-state index contributed by atoms with van der Waals surface area (Å²) in [6.07, 6.45) is 4.23. The maximum absolute atomic E-state index is 6.23. The molecule has 0 aliphatic heterocycles. The van der Waals surface area contributed by atoms with E-state index in [1.54, 1.807) is 12.5 Å². The first kappa shape index (κ1) is 13.5. The van der Waals surface area contributed by atoms with Crippen LogP contribution in [0.3, 0.4) is 0 Å². The van der Waals surface area contributed by atoms with E-state index in [9.17, 15) is 0 Å². The summed E-state index contributed by atoms with van der Waals surface area (Å²) in [6.45, 7) is 2.10. The van der Waals surface area contributed by atoms with Crippen molar-refractivity contribution in [3.8, 4) is 0 Å². The van der Waals surface area contributed by atoms with Crippen LogP contribution >= 0.6 is 23.2 Å². The second-order valence-electron chi connectivity index (χ2n) is 4.67. The van der Waals surface area contributed by atoms with Gasteiger partial charge in [-0.3, -0.25) is 0 Å². The molecule has 0 spiro atoms. The summed E-state index contributed by atoms with van der Waals surface area (Å²) in [5.74, 6) is 0.985. The van der Waals surface area contributed by atoms with Gasteiger partial charge >= 0.3 is 0 Å². The molecule has 0 amide bonds. The lowest BCUT2D eigenvalue weighted by Gasteiger charge is -2.31. The zero-order chi connectivity index (χ0) is 13.0. The Morgan fingerprint density at radius 2 is 1.83 bits per heavy atom. The first-order valence-corrected chi connectivity index (χ1v) is 6.98. The first-order chi connectivity index (χ1) is 8.72. The average Bonchev–Trinajstić information content (AvgIpc) is 2.90. The highest BCUT2D eigenvalue weighted by Crippen LogP contribution is 2.33. The fourth-order valence-electron chi connectivity index (χ4n) is 2.32. The van der Waals surface area contributed by atoms with Crippen molar-refractivity contribution in [3.05, 3.63) is 59.5 Å². The summed E-state index contributed by atoms with van der Waals surface area (Å²) in [4.78, 5) is 0. The van der Waals surface area contributed by atoms with Crippen LogP contribution in [0.2, 0.25) is 0 Å². The van der Waals surface area contributed by atoms with Crippen LogP contribution < -0.4 is 0 Å². The number of hydrogen-bond acceptors (Lipinski definition) is 1. The Bertz CT molecular complexity index is 487. The molecule has 1 aromatic carbocycles. The van der Waals surface area contributed by atoms with Crippen molar-refractivity contribution in [2.45, 2.75) is 18.8 Å². The summed E-state index contributed by atoms with van der Waals surface area (Å²) in [5, 5.41) is 0. The van der Waals surface area contributed by atoms with E-state index < -0.39 is 0 Å². The van der Waals surface area contributed by atoms with Crippen LogP contribution in [0.5, 0.6) is 0 Å². The van der Waals surface area contributed by atoms with Gasteiger partial charge in [0.1, 0.15) is 0 Å². The van der Waals surface area contributed by atoms with Crippen LogP contribution in [0, 0.1) is 6.92 Å². The second-order valence-corrected chi connectivity index (χ2v) is 5.21. The smallest absolute Gasteiger partial charge is 0.0934 e. The Hall–Kier alpha value is -0.920. The minimum Gasteiger partial charge on any atom is -0.472 e. The standard InChI is InChI=1S/C15H16Cl2O/c1-12-4-2-3-5-14(12)15(10-16,11-17)8-13-6-7-18-9-13/h2-7,9H,8,10-11H2,1H3. The molecule has 0 atom stereocenters. The minimum atomic E-state index is -0.238. The maximum Gasteiger partial charge on any atom is 0.0934 e. The van der Waals surface area contributed by atoms with E-state index in [-0.39, 0.29) is 5.41 Å². The van der Waals surface area contributed by atoms with Crippen LogP contribution in [0.4, 0.5) is 0 Å². The highest BCUT2D eigenvalue weighted by molar-refractivity contribution is 6.22. The van der Waals surface area contributed by atoms with E-state index in [1.165, 1.54) is 11.1 Å². The molecule has 96 valence electrons. The fourth-order valence-corrected chi connectivity index (χ4v) is 3.08. The molecule has 0 radical (unpaired) electrons. The van der Waals surface area contributed by atoms with Crippen molar-refractivity contribution in [1.29, 1.82) is 0 Å². The zero-order valence-corrected chi connectivity index (χ0v) is 11.8. The van der Waals surface area contributed by atoms with Crippen LogP contribution in [-0.4, -0.2) is 11.8 Å². The van der Waals surface area contributed by atoms with Gasteiger partial charge in [0.15, 0.2) is 0 Å². The van der Waals surface area contributed by atoms with E-state index in [0.717, 1.165) is 12.0 Å². The van der Waals surface area contributed by atoms with Gasteiger partial charge in [-0.2, -0.15) is 0 Å². The number of halogens is 2. The molecule has 1 nitrogen and oxygen atoms in total. The molecule has 0 unspecified atom stereocenters. The zero-order valence-electron chi connectivity index (χ0n) is 10.3. The van der Waals surface area contributed by atoms with Crippen LogP contribution in [0.25, 0.3) is 0 Å². The average molecular weight is 283 g/mol. The Morgan fingerprint density at radius 3 is 2.39 bits per heavy atom. The molecular weight excluding hydrogens is 267 g/mol. The number of rotatable bonds is 5. The lowest BCUT2D eigenvalue weighted by Crippen LogP contribution is -2.34. The SMILES string of the molecule is Cc1ccccc1C(CCl)(CCl)Cc1ccoc1. The number of alkyl halides is 2. The molecular formula is C15H16Cl2O. The Balaban J connectivity index is 2.40. The molecule has 1 aromatic heterocycles. The molecule has 0 saturated carbocycles. The van der Waals surface area contributed by atoms with Crippen molar-refractivity contribution in [1.82, 2.24) is 0 Å². The molecule has 0 saturated heterocycles. The Morgan fingerprint density at radius 1 is 1.11 bits per heavy atom. The number of hydrogen-bond donors (Lipinski definition) is 0. The van der Waals surface area contributed by atoms with E-state index in [0.29, 0.717) is 11.8 Å². The van der Waals surface area contributed by atoms with Gasteiger partial charge in [-0.15, -0.1) is 23.2 Å². The lowest BCUT2D eigenvalue weighted by atomic mass is 9.77. The summed E-state index contributed by atoms with van der Waals surface area (Å²) in [7, 11) is 0. The monoisotopic (exact) mass is 282 g/mol. The van der Waals surface area contributed by atoms with Crippen molar-refractivity contribution < 1.29 is 4.42 Å². The number of aryl methyl sites for hydroxylation is 1. The number of benzene rings is 1. The largest absolute Gasteiger partial charge is 0.472 e. The molecule has 1 heterocycles. The third-order valence-electron chi connectivity index (χ3n) is 3.35. The van der Waals surface area contributed by atoms with Gasteiger partial charge in [0.25, 0.3) is 0 Å². The maximum atomic E-state index is 6.23. The quantitative estimate of drug-likeness (QED) is 0.734. The lowest BCUT2D eigenvalue weighted by molar-refractivity contribution is 0.520. The van der Waals surface area contributed by atoms with Crippen LogP contribution in [0.1, 0.15) is 16.7 Å². The third-order valence-corrected chi connectivity index (χ3v) is 4.37. The molecule has 0 bridgehead atoms. The molecule has 18 heavy (non-hydrogen) atoms. The molecule has 3 heteroatoms. The second kappa shape index (κ2) is 5.81. The van der Waals surface area contributed by atoms with Gasteiger partial charge in [-0.05, 0) is 36.1 Å². The van der Waals surface area contributed by atoms with Crippen LogP contribution in [-0.2, 0) is 11.8 Å². The summed E-state index contributed by atoms with van der Waals surface area (Å²) in [6, 6.07) is 10.2. The Kier molecular flexibility index (Phi) is 4.36. The molecule has 0 aliphatic rings. The summed E-state index contributed by atoms with van der Waals surface area (Å²) >= 11 is 12.5. The van der Waals surface area contributed by atoms with Gasteiger partial charge in [0, 0.05) is 17.2 Å². The predicted molar refractivity (Wildman–Crippen MR) is 76.7 cm³/mol. The van der Waals surface area contributed by atoms with E-state index in [2.05, 4.69) is 19.1 Å². The Labute approximate surface area is 118 Å². The fraction of sp³-hybridized carbons (Fsp3) is 0.333. The van der Waals surface area contributed by atoms with Gasteiger partial charge in [0.05, 0.1) is 12.5 Å². The number of furan rings is 1. The first-order valence-electron chi connectivity index (χ1n) is 5.91. The third kappa shape index (κ3) is 2.57. The van der Waals surface area contributed by atoms with Crippen LogP contribution in [0.15, 0.2) is 47.3 Å². The molecule has 0 aliphatic carbocycles. The highest BCUT2D eigenvalue weighted by atomic mass is 35.5. The van der Waals surface area contributed by atoms with E-state index in [1.807, 2.05) is 18.2 Å². The van der Waals surface area contributed by atoms with Gasteiger partial charge in [-0.25, -0.2) is 0 Å². The van der Waals surface area contributed by atoms with E-state index >= 15 is 0 Å². The normalized spacial score (nSPS) is 11.7. The van der Waals surface area contributed by atoms with Gasteiger partial charge in [-0.1, -0.05) is 24.3 Å².